The monoisotopic (exact) mass is 592 g/mol. The van der Waals surface area contributed by atoms with E-state index >= 15 is 0 Å². The summed E-state index contributed by atoms with van der Waals surface area (Å²) in [6.07, 6.45) is 4.31. The number of rotatable bonds is 5. The summed E-state index contributed by atoms with van der Waals surface area (Å²) in [5.41, 5.74) is 14.1. The molecule has 4 nitrogen and oxygen atoms in total. The number of hydrogen-bond acceptors (Lipinski definition) is 4. The first kappa shape index (κ1) is 26.5. The summed E-state index contributed by atoms with van der Waals surface area (Å²) in [5, 5.41) is 7.84. The predicted octanol–water partition coefficient (Wildman–Crippen LogP) is 9.80. The van der Waals surface area contributed by atoms with Gasteiger partial charge in [0.25, 0.3) is 0 Å². The van der Waals surface area contributed by atoms with E-state index in [-0.39, 0.29) is 18.4 Å². The van der Waals surface area contributed by atoms with Gasteiger partial charge in [0.1, 0.15) is 12.3 Å². The van der Waals surface area contributed by atoms with Crippen molar-refractivity contribution in [1.29, 1.82) is 0 Å². The lowest BCUT2D eigenvalue weighted by Gasteiger charge is -2.38. The Morgan fingerprint density at radius 1 is 0.478 bits per heavy atom. The van der Waals surface area contributed by atoms with Gasteiger partial charge in [-0.3, -0.25) is 4.99 Å². The number of hydrogen-bond donors (Lipinski definition) is 2. The molecule has 6 aromatic rings. The molecule has 9 rings (SSSR count). The first-order valence-corrected chi connectivity index (χ1v) is 15.9. The van der Waals surface area contributed by atoms with Crippen LogP contribution in [0.25, 0.3) is 33.4 Å². The summed E-state index contributed by atoms with van der Waals surface area (Å²) in [5.74, 6) is 0. The fourth-order valence-electron chi connectivity index (χ4n) is 7.11. The van der Waals surface area contributed by atoms with Gasteiger partial charge in [-0.05, 0) is 87.5 Å². The van der Waals surface area contributed by atoms with Gasteiger partial charge in [0.15, 0.2) is 0 Å². The zero-order valence-electron chi connectivity index (χ0n) is 25.2. The molecule has 0 saturated carbocycles. The van der Waals surface area contributed by atoms with E-state index in [9.17, 15) is 0 Å². The quantitative estimate of drug-likeness (QED) is 0.209. The fraction of sp³-hybridized carbons (Fsp3) is 0.0714. The molecule has 0 amide bonds. The highest BCUT2D eigenvalue weighted by atomic mass is 15.4. The molecule has 0 aliphatic carbocycles. The lowest BCUT2D eigenvalue weighted by molar-refractivity contribution is 0.575. The van der Waals surface area contributed by atoms with Crippen LogP contribution in [0.15, 0.2) is 169 Å². The number of para-hydroxylation sites is 1. The Morgan fingerprint density at radius 3 is 1.74 bits per heavy atom. The summed E-state index contributed by atoms with van der Waals surface area (Å²) in [6, 6.07) is 54.2. The summed E-state index contributed by atoms with van der Waals surface area (Å²) < 4.78 is 0. The van der Waals surface area contributed by atoms with E-state index in [1.165, 1.54) is 44.6 Å². The zero-order chi connectivity index (χ0) is 30.5. The van der Waals surface area contributed by atoms with Crippen LogP contribution in [-0.4, -0.2) is 18.0 Å². The van der Waals surface area contributed by atoms with Crippen molar-refractivity contribution in [2.45, 2.75) is 18.4 Å². The Balaban J connectivity index is 1.09. The minimum absolute atomic E-state index is 0.0235. The normalized spacial score (nSPS) is 19.0. The Morgan fingerprint density at radius 2 is 1.07 bits per heavy atom. The Kier molecular flexibility index (Phi) is 6.31. The molecule has 3 atom stereocenters. The van der Waals surface area contributed by atoms with Crippen LogP contribution < -0.4 is 15.5 Å². The summed E-state index contributed by atoms with van der Waals surface area (Å²) in [6.45, 7) is 0. The molecule has 220 valence electrons. The minimum Gasteiger partial charge on any atom is -0.373 e. The van der Waals surface area contributed by atoms with E-state index in [2.05, 4.69) is 173 Å². The molecule has 46 heavy (non-hydrogen) atoms. The van der Waals surface area contributed by atoms with Gasteiger partial charge in [0, 0.05) is 11.3 Å². The molecule has 0 saturated heterocycles. The molecule has 0 spiro atoms. The van der Waals surface area contributed by atoms with Crippen LogP contribution in [0, 0.1) is 0 Å². The van der Waals surface area contributed by atoms with Crippen molar-refractivity contribution in [3.63, 3.8) is 0 Å². The average molecular weight is 593 g/mol. The maximum Gasteiger partial charge on any atom is 0.142 e. The maximum atomic E-state index is 5.17. The Bertz CT molecular complexity index is 2060. The molecule has 0 aromatic heterocycles. The zero-order valence-corrected chi connectivity index (χ0v) is 25.2. The lowest BCUT2D eigenvalue weighted by Crippen LogP contribution is -2.48. The third-order valence-corrected chi connectivity index (χ3v) is 9.33. The van der Waals surface area contributed by atoms with Crippen LogP contribution in [0.3, 0.4) is 0 Å². The molecular weight excluding hydrogens is 560 g/mol. The van der Waals surface area contributed by atoms with Gasteiger partial charge in [-0.15, -0.1) is 0 Å². The van der Waals surface area contributed by atoms with Crippen molar-refractivity contribution in [1.82, 2.24) is 0 Å². The number of nitrogens with one attached hydrogen (secondary N) is 2. The molecule has 3 aliphatic rings. The SMILES string of the molecule is C1=CC(N2c3ccccc3C3Nc4cc(-c5cc(-c6ccccc6)cc(-c6ccccc6)c5)ccc4NC32)N=C1c1ccccc1. The molecule has 4 heteroatoms. The number of anilines is 3. The molecule has 3 heterocycles. The van der Waals surface area contributed by atoms with E-state index in [4.69, 9.17) is 4.99 Å². The van der Waals surface area contributed by atoms with Crippen molar-refractivity contribution < 1.29 is 0 Å². The van der Waals surface area contributed by atoms with Gasteiger partial charge < -0.3 is 15.5 Å². The van der Waals surface area contributed by atoms with E-state index in [1.54, 1.807) is 0 Å². The number of allylic oxidation sites excluding steroid dienone is 1. The third-order valence-electron chi connectivity index (χ3n) is 9.33. The van der Waals surface area contributed by atoms with E-state index in [0.29, 0.717) is 0 Å². The highest BCUT2D eigenvalue weighted by molar-refractivity contribution is 6.10. The average Bonchev–Trinajstić information content (AvgIpc) is 3.74. The van der Waals surface area contributed by atoms with Gasteiger partial charge in [-0.1, -0.05) is 115 Å². The van der Waals surface area contributed by atoms with Crippen molar-refractivity contribution in [3.8, 4) is 33.4 Å². The lowest BCUT2D eigenvalue weighted by atomic mass is 9.92. The Hall–Kier alpha value is -5.87. The van der Waals surface area contributed by atoms with Gasteiger partial charge in [0.2, 0.25) is 0 Å². The number of nitrogens with zero attached hydrogens (tertiary/aromatic N) is 2. The van der Waals surface area contributed by atoms with Crippen molar-refractivity contribution in [2.24, 2.45) is 4.99 Å². The van der Waals surface area contributed by atoms with E-state index in [0.717, 1.165) is 22.6 Å². The molecule has 2 N–H and O–H groups in total. The van der Waals surface area contributed by atoms with Gasteiger partial charge in [-0.25, -0.2) is 0 Å². The fourth-order valence-corrected chi connectivity index (χ4v) is 7.11. The number of aliphatic imine (C=N–C) groups is 1. The van der Waals surface area contributed by atoms with Crippen molar-refractivity contribution in [3.05, 3.63) is 175 Å². The second-order valence-corrected chi connectivity index (χ2v) is 12.1. The van der Waals surface area contributed by atoms with Crippen molar-refractivity contribution in [2.75, 3.05) is 15.5 Å². The minimum atomic E-state index is -0.0846. The summed E-state index contributed by atoms with van der Waals surface area (Å²) >= 11 is 0. The first-order chi connectivity index (χ1) is 22.8. The smallest absolute Gasteiger partial charge is 0.142 e. The maximum absolute atomic E-state index is 5.17. The molecule has 0 radical (unpaired) electrons. The first-order valence-electron chi connectivity index (χ1n) is 15.9. The van der Waals surface area contributed by atoms with E-state index < -0.39 is 0 Å². The standard InChI is InChI=1S/C42H32N4/c1-4-12-28(13-5-1)32-24-33(29-14-6-2-7-15-29)26-34(25-32)31-20-21-37-38(27-31)44-41-35-18-10-11-19-39(35)46(42(41)45-37)40-23-22-36(43-40)30-16-8-3-9-17-30/h1-27,40-42,44-45H. The molecule has 0 bridgehead atoms. The number of benzene rings is 6. The second kappa shape index (κ2) is 10.9. The van der Waals surface area contributed by atoms with Crippen LogP contribution in [-0.2, 0) is 0 Å². The molecule has 0 fully saturated rings. The summed E-state index contributed by atoms with van der Waals surface area (Å²) in [4.78, 5) is 7.59. The van der Waals surface area contributed by atoms with Gasteiger partial charge in [-0.2, -0.15) is 0 Å². The highest BCUT2D eigenvalue weighted by Crippen LogP contribution is 2.48. The van der Waals surface area contributed by atoms with E-state index in [1.807, 2.05) is 6.07 Å². The molecule has 3 unspecified atom stereocenters. The molecule has 3 aliphatic heterocycles. The third kappa shape index (κ3) is 4.58. The number of fused-ring (bicyclic) bond motifs is 4. The second-order valence-electron chi connectivity index (χ2n) is 12.1. The topological polar surface area (TPSA) is 39.7 Å². The summed E-state index contributed by atoms with van der Waals surface area (Å²) in [7, 11) is 0. The van der Waals surface area contributed by atoms with Gasteiger partial charge >= 0.3 is 0 Å². The Labute approximate surface area is 269 Å². The van der Waals surface area contributed by atoms with Crippen LogP contribution in [0.4, 0.5) is 17.1 Å². The van der Waals surface area contributed by atoms with Crippen LogP contribution in [0.5, 0.6) is 0 Å². The largest absolute Gasteiger partial charge is 0.373 e. The van der Waals surface area contributed by atoms with Crippen LogP contribution >= 0.6 is 0 Å². The molecule has 6 aromatic carbocycles. The van der Waals surface area contributed by atoms with Crippen molar-refractivity contribution >= 4 is 22.8 Å². The molecular formula is C42H32N4. The highest BCUT2D eigenvalue weighted by Gasteiger charge is 2.44. The predicted molar refractivity (Wildman–Crippen MR) is 191 cm³/mol. The van der Waals surface area contributed by atoms with Crippen LogP contribution in [0.1, 0.15) is 17.2 Å². The van der Waals surface area contributed by atoms with Crippen LogP contribution in [0.2, 0.25) is 0 Å². The van der Waals surface area contributed by atoms with Gasteiger partial charge in [0.05, 0.1) is 23.1 Å².